The first-order chi connectivity index (χ1) is 17.3. The van der Waals surface area contributed by atoms with Crippen molar-refractivity contribution >= 4 is 28.8 Å². The summed E-state index contributed by atoms with van der Waals surface area (Å²) >= 11 is 0. The molecule has 3 aliphatic heterocycles. The van der Waals surface area contributed by atoms with Crippen LogP contribution in [0, 0.1) is 0 Å². The van der Waals surface area contributed by atoms with Crippen molar-refractivity contribution in [1.82, 2.24) is 29.7 Å². The summed E-state index contributed by atoms with van der Waals surface area (Å²) in [7, 11) is 1.98. The number of aliphatic hydroxyl groups is 1. The zero-order valence-electron chi connectivity index (χ0n) is 20.1. The molecular weight excluding hydrogens is 460 g/mol. The topological polar surface area (TPSA) is 121 Å². The Labute approximate surface area is 207 Å². The molecule has 2 N–H and O–H groups in total. The van der Waals surface area contributed by atoms with Gasteiger partial charge in [-0.3, -0.25) is 29.6 Å². The number of piperidine rings is 2. The summed E-state index contributed by atoms with van der Waals surface area (Å²) in [5.41, 5.74) is 3.79. The van der Waals surface area contributed by atoms with Gasteiger partial charge in [0.2, 0.25) is 11.8 Å². The summed E-state index contributed by atoms with van der Waals surface area (Å²) in [5, 5.41) is 13.8. The standard InChI is InChI=1S/C26H28N6O4/c1-30-15-27-18-12-16(2-4-20(18)30)13-31-10-8-26(36,9-11-31)22-6-3-17-19(28-22)14-32(25(17)35)21-5-7-23(33)29-24(21)34/h2-4,6,12,15,21,36H,5,7-11,13-14H2,1H3,(H,29,33,34). The van der Waals surface area contributed by atoms with E-state index in [1.165, 1.54) is 10.5 Å². The van der Waals surface area contributed by atoms with Crippen molar-refractivity contribution in [2.24, 2.45) is 7.05 Å². The molecule has 10 nitrogen and oxygen atoms in total. The molecule has 5 heterocycles. The fourth-order valence-electron chi connectivity index (χ4n) is 5.57. The van der Waals surface area contributed by atoms with E-state index >= 15 is 0 Å². The molecule has 1 unspecified atom stereocenters. The lowest BCUT2D eigenvalue weighted by Gasteiger charge is -2.38. The third-order valence-electron chi connectivity index (χ3n) is 7.73. The monoisotopic (exact) mass is 488 g/mol. The first-order valence-corrected chi connectivity index (χ1v) is 12.3. The fraction of sp³-hybridized carbons (Fsp3) is 0.423. The Bertz CT molecular complexity index is 1390. The van der Waals surface area contributed by atoms with E-state index in [1.807, 2.05) is 17.9 Å². The minimum Gasteiger partial charge on any atom is -0.383 e. The number of pyridine rings is 1. The molecule has 1 aromatic carbocycles. The van der Waals surface area contributed by atoms with Gasteiger partial charge in [0, 0.05) is 33.1 Å². The molecule has 3 amide bonds. The molecule has 36 heavy (non-hydrogen) atoms. The van der Waals surface area contributed by atoms with Crippen molar-refractivity contribution in [2.75, 3.05) is 13.1 Å². The Hall–Kier alpha value is -3.63. The number of imidazole rings is 1. The zero-order chi connectivity index (χ0) is 25.0. The first kappa shape index (κ1) is 22.8. The summed E-state index contributed by atoms with van der Waals surface area (Å²) in [6, 6.07) is 9.09. The summed E-state index contributed by atoms with van der Waals surface area (Å²) < 4.78 is 2.00. The number of benzene rings is 1. The maximum atomic E-state index is 12.9. The smallest absolute Gasteiger partial charge is 0.256 e. The van der Waals surface area contributed by atoms with Gasteiger partial charge in [0.15, 0.2) is 0 Å². The second kappa shape index (κ2) is 8.49. The molecule has 1 atom stereocenters. The van der Waals surface area contributed by atoms with E-state index in [4.69, 9.17) is 0 Å². The van der Waals surface area contributed by atoms with Gasteiger partial charge >= 0.3 is 0 Å². The number of hydrogen-bond donors (Lipinski definition) is 2. The van der Waals surface area contributed by atoms with Gasteiger partial charge in [-0.1, -0.05) is 6.07 Å². The maximum Gasteiger partial charge on any atom is 0.256 e. The lowest BCUT2D eigenvalue weighted by Crippen LogP contribution is -2.52. The normalized spacial score (nSPS) is 22.2. The third kappa shape index (κ3) is 3.86. The number of nitrogens with zero attached hydrogens (tertiary/aromatic N) is 5. The van der Waals surface area contributed by atoms with Crippen molar-refractivity contribution in [1.29, 1.82) is 0 Å². The first-order valence-electron chi connectivity index (χ1n) is 12.3. The number of likely N-dealkylation sites (tertiary alicyclic amines) is 1. The number of aromatic nitrogens is 3. The molecule has 0 bridgehead atoms. The van der Waals surface area contributed by atoms with Crippen LogP contribution in [0.25, 0.3) is 11.0 Å². The highest BCUT2D eigenvalue weighted by Crippen LogP contribution is 2.35. The summed E-state index contributed by atoms with van der Waals surface area (Å²) in [5.74, 6) is -1.02. The summed E-state index contributed by atoms with van der Waals surface area (Å²) in [4.78, 5) is 49.6. The van der Waals surface area contributed by atoms with Gasteiger partial charge in [-0.2, -0.15) is 0 Å². The van der Waals surface area contributed by atoms with Gasteiger partial charge in [0.25, 0.3) is 5.91 Å². The van der Waals surface area contributed by atoms with Crippen molar-refractivity contribution in [2.45, 2.75) is 50.4 Å². The van der Waals surface area contributed by atoms with E-state index < -0.39 is 17.6 Å². The van der Waals surface area contributed by atoms with Crippen LogP contribution in [0.3, 0.4) is 0 Å². The summed E-state index contributed by atoms with van der Waals surface area (Å²) in [6.45, 7) is 2.43. The van der Waals surface area contributed by atoms with Crippen LogP contribution in [0.2, 0.25) is 0 Å². The fourth-order valence-corrected chi connectivity index (χ4v) is 5.57. The van der Waals surface area contributed by atoms with Crippen molar-refractivity contribution in [3.05, 3.63) is 59.2 Å². The highest BCUT2D eigenvalue weighted by Gasteiger charge is 2.41. The minimum atomic E-state index is -1.07. The average molecular weight is 489 g/mol. The molecule has 0 saturated carbocycles. The van der Waals surface area contributed by atoms with Crippen LogP contribution < -0.4 is 5.32 Å². The Morgan fingerprint density at radius 2 is 1.94 bits per heavy atom. The number of fused-ring (bicyclic) bond motifs is 2. The summed E-state index contributed by atoms with van der Waals surface area (Å²) in [6.07, 6.45) is 3.41. The van der Waals surface area contributed by atoms with Crippen LogP contribution in [0.1, 0.15) is 53.0 Å². The molecule has 2 fully saturated rings. The Balaban J connectivity index is 1.13. The number of aryl methyl sites for hydroxylation is 1. The molecular formula is C26H28N6O4. The molecule has 0 radical (unpaired) electrons. The molecule has 2 saturated heterocycles. The molecule has 0 aliphatic carbocycles. The number of rotatable bonds is 4. The number of carbonyl (C=O) groups excluding carboxylic acids is 3. The Kier molecular flexibility index (Phi) is 5.38. The SMILES string of the molecule is Cn1cnc2cc(CN3CCC(O)(c4ccc5c(n4)CN(C4CCC(=O)NC4=O)C5=O)CC3)ccc21. The van der Waals surface area contributed by atoms with Gasteiger partial charge in [-0.05, 0) is 49.1 Å². The van der Waals surface area contributed by atoms with Gasteiger partial charge < -0.3 is 14.6 Å². The number of hydrogen-bond acceptors (Lipinski definition) is 7. The highest BCUT2D eigenvalue weighted by atomic mass is 16.3. The molecule has 0 spiro atoms. The van der Waals surface area contributed by atoms with E-state index in [2.05, 4.69) is 38.4 Å². The van der Waals surface area contributed by atoms with Crippen LogP contribution in [0.5, 0.6) is 0 Å². The minimum absolute atomic E-state index is 0.201. The predicted octanol–water partition coefficient (Wildman–Crippen LogP) is 1.21. The highest BCUT2D eigenvalue weighted by molar-refractivity contribution is 6.05. The van der Waals surface area contributed by atoms with Gasteiger partial charge in [0.05, 0.1) is 40.9 Å². The predicted molar refractivity (Wildman–Crippen MR) is 129 cm³/mol. The van der Waals surface area contributed by atoms with Crippen molar-refractivity contribution in [3.63, 3.8) is 0 Å². The maximum absolute atomic E-state index is 12.9. The van der Waals surface area contributed by atoms with Crippen molar-refractivity contribution < 1.29 is 19.5 Å². The molecule has 6 rings (SSSR count). The van der Waals surface area contributed by atoms with E-state index in [9.17, 15) is 19.5 Å². The molecule has 2 aromatic heterocycles. The zero-order valence-corrected chi connectivity index (χ0v) is 20.1. The van der Waals surface area contributed by atoms with Crippen LogP contribution in [0.15, 0.2) is 36.7 Å². The molecule has 186 valence electrons. The molecule has 3 aliphatic rings. The Morgan fingerprint density at radius 1 is 1.14 bits per heavy atom. The largest absolute Gasteiger partial charge is 0.383 e. The van der Waals surface area contributed by atoms with Crippen LogP contribution in [-0.4, -0.2) is 66.3 Å². The van der Waals surface area contributed by atoms with Crippen molar-refractivity contribution in [3.8, 4) is 0 Å². The average Bonchev–Trinajstić information content (AvgIpc) is 3.40. The number of imide groups is 1. The Morgan fingerprint density at radius 3 is 2.72 bits per heavy atom. The number of carbonyl (C=O) groups is 3. The van der Waals surface area contributed by atoms with Crippen LogP contribution in [-0.2, 0) is 35.3 Å². The number of amides is 3. The molecule has 10 heteroatoms. The quantitative estimate of drug-likeness (QED) is 0.530. The second-order valence-electron chi connectivity index (χ2n) is 10.1. The van der Waals surface area contributed by atoms with E-state index in [-0.39, 0.29) is 24.8 Å². The lowest BCUT2D eigenvalue weighted by molar-refractivity contribution is -0.136. The van der Waals surface area contributed by atoms with Gasteiger partial charge in [0.1, 0.15) is 11.6 Å². The lowest BCUT2D eigenvalue weighted by atomic mass is 9.87. The van der Waals surface area contributed by atoms with E-state index in [1.54, 1.807) is 12.1 Å². The van der Waals surface area contributed by atoms with Gasteiger partial charge in [-0.25, -0.2) is 4.98 Å². The number of nitrogens with one attached hydrogen (secondary N) is 1. The van der Waals surface area contributed by atoms with Gasteiger partial charge in [-0.15, -0.1) is 0 Å². The third-order valence-corrected chi connectivity index (χ3v) is 7.73. The van der Waals surface area contributed by atoms with Crippen LogP contribution >= 0.6 is 0 Å². The second-order valence-corrected chi connectivity index (χ2v) is 10.1. The van der Waals surface area contributed by atoms with E-state index in [0.29, 0.717) is 36.2 Å². The molecule has 3 aromatic rings. The van der Waals surface area contributed by atoms with E-state index in [0.717, 1.165) is 30.7 Å². The van der Waals surface area contributed by atoms with Crippen LogP contribution in [0.4, 0.5) is 0 Å².